The van der Waals surface area contributed by atoms with Crippen molar-refractivity contribution in [2.24, 2.45) is 0 Å². The van der Waals surface area contributed by atoms with Gasteiger partial charge in [-0.2, -0.15) is 0 Å². The van der Waals surface area contributed by atoms with Crippen LogP contribution < -0.4 is 4.46 Å². The van der Waals surface area contributed by atoms with E-state index in [0.717, 1.165) is 18.8 Å². The van der Waals surface area contributed by atoms with Crippen molar-refractivity contribution in [3.63, 3.8) is 0 Å². The molecule has 0 unspecified atom stereocenters. The van der Waals surface area contributed by atoms with Gasteiger partial charge in [0.15, 0.2) is 0 Å². The quantitative estimate of drug-likeness (QED) is 0.791. The maximum atomic E-state index is 5.94. The van der Waals surface area contributed by atoms with Crippen molar-refractivity contribution in [3.8, 4) is 0 Å². The Labute approximate surface area is 120 Å². The second-order valence-corrected chi connectivity index (χ2v) is 6.94. The van der Waals surface area contributed by atoms with Gasteiger partial charge in [-0.15, -0.1) is 0 Å². The molecule has 3 rings (SSSR count). The van der Waals surface area contributed by atoms with Crippen LogP contribution in [0.3, 0.4) is 0 Å². The fourth-order valence-corrected chi connectivity index (χ4v) is 4.46. The molecule has 0 amide bonds. The molecule has 1 nitrogen and oxygen atoms in total. The first kappa shape index (κ1) is 12.5. The summed E-state index contributed by atoms with van der Waals surface area (Å²) in [5.74, 6) is 1.12. The minimum absolute atomic E-state index is 0.368. The first-order valence-electron chi connectivity index (χ1n) is 6.58. The molecule has 0 aliphatic carbocycles. The topological polar surface area (TPSA) is 9.23 Å². The van der Waals surface area contributed by atoms with E-state index in [4.69, 9.17) is 4.74 Å². The molecule has 1 aliphatic rings. The summed E-state index contributed by atoms with van der Waals surface area (Å²) in [5, 5.41) is 0. The summed E-state index contributed by atoms with van der Waals surface area (Å²) in [6, 6.07) is 21.2. The molecule has 0 radical (unpaired) electrons. The predicted molar refractivity (Wildman–Crippen MR) is 80.4 cm³/mol. The summed E-state index contributed by atoms with van der Waals surface area (Å²) in [5.41, 5.74) is 1.22. The van der Waals surface area contributed by atoms with Crippen LogP contribution in [-0.4, -0.2) is 21.6 Å². The van der Waals surface area contributed by atoms with Crippen molar-refractivity contribution in [1.82, 2.24) is 0 Å². The van der Waals surface area contributed by atoms with Gasteiger partial charge in [0.2, 0.25) is 0 Å². The molecule has 2 aromatic carbocycles. The number of hydrogen-bond donors (Lipinski definition) is 0. The van der Waals surface area contributed by atoms with Gasteiger partial charge in [0.05, 0.1) is 0 Å². The van der Waals surface area contributed by atoms with Crippen LogP contribution in [0.1, 0.15) is 18.4 Å². The van der Waals surface area contributed by atoms with E-state index >= 15 is 0 Å². The van der Waals surface area contributed by atoms with E-state index in [0.29, 0.717) is 15.0 Å². The van der Waals surface area contributed by atoms with Crippen LogP contribution in [-0.2, 0) is 4.74 Å². The molecule has 0 fully saturated rings. The summed E-state index contributed by atoms with van der Waals surface area (Å²) in [6.07, 6.45) is 2.30. The van der Waals surface area contributed by atoms with Crippen LogP contribution in [0.25, 0.3) is 5.76 Å². The molecule has 19 heavy (non-hydrogen) atoms. The first-order chi connectivity index (χ1) is 9.43. The van der Waals surface area contributed by atoms with E-state index in [9.17, 15) is 0 Å². The summed E-state index contributed by atoms with van der Waals surface area (Å²) < 4.78 is 8.85. The second kappa shape index (κ2) is 6.10. The van der Waals surface area contributed by atoms with Gasteiger partial charge in [-0.05, 0) is 0 Å². The monoisotopic (exact) mass is 316 g/mol. The molecule has 0 aromatic heterocycles. The molecular weight excluding hydrogens is 299 g/mol. The van der Waals surface area contributed by atoms with Crippen molar-refractivity contribution >= 4 is 25.2 Å². The zero-order valence-electron chi connectivity index (χ0n) is 10.7. The van der Waals surface area contributed by atoms with Crippen LogP contribution in [0.4, 0.5) is 0 Å². The molecular formula is C17H16OSe. The molecule has 2 aromatic rings. The van der Waals surface area contributed by atoms with Crippen LogP contribution in [0.15, 0.2) is 65.1 Å². The number of hydrogen-bond acceptors (Lipinski definition) is 1. The van der Waals surface area contributed by atoms with E-state index in [2.05, 4.69) is 60.7 Å². The van der Waals surface area contributed by atoms with Crippen molar-refractivity contribution in [3.05, 3.63) is 70.7 Å². The Morgan fingerprint density at radius 2 is 1.53 bits per heavy atom. The zero-order valence-corrected chi connectivity index (χ0v) is 12.4. The number of ether oxygens (including phenoxy) is 1. The molecule has 0 atom stereocenters. The Morgan fingerprint density at radius 3 is 2.26 bits per heavy atom. The van der Waals surface area contributed by atoms with Crippen LogP contribution in [0.5, 0.6) is 0 Å². The van der Waals surface area contributed by atoms with Gasteiger partial charge in [0.1, 0.15) is 0 Å². The fraction of sp³-hybridized carbons (Fsp3) is 0.176. The number of rotatable bonds is 3. The predicted octanol–water partition coefficient (Wildman–Crippen LogP) is 3.20. The summed E-state index contributed by atoms with van der Waals surface area (Å²) in [6.45, 7) is 0.846. The Balaban J connectivity index is 1.93. The maximum absolute atomic E-state index is 5.94. The van der Waals surface area contributed by atoms with Crippen LogP contribution in [0.2, 0.25) is 0 Å². The van der Waals surface area contributed by atoms with Crippen molar-refractivity contribution in [2.75, 3.05) is 6.61 Å². The summed E-state index contributed by atoms with van der Waals surface area (Å²) in [7, 11) is 0. The molecule has 0 saturated carbocycles. The first-order valence-corrected chi connectivity index (χ1v) is 8.29. The summed E-state index contributed by atoms with van der Waals surface area (Å²) in [4.78, 5) is 0. The minimum atomic E-state index is 0.368. The Kier molecular flexibility index (Phi) is 4.02. The van der Waals surface area contributed by atoms with E-state index in [-0.39, 0.29) is 0 Å². The molecule has 0 bridgehead atoms. The van der Waals surface area contributed by atoms with E-state index in [1.807, 2.05) is 0 Å². The standard InChI is InChI=1S/C17H16OSe/c1-3-8-14(9-4-1)17-16(12-7-13-18-17)19-15-10-5-2-6-11-15/h1-6,8-11H,7,12-13H2. The van der Waals surface area contributed by atoms with E-state index in [1.165, 1.54) is 20.9 Å². The van der Waals surface area contributed by atoms with Gasteiger partial charge in [-0.1, -0.05) is 0 Å². The van der Waals surface area contributed by atoms with Gasteiger partial charge >= 0.3 is 120 Å². The van der Waals surface area contributed by atoms with Crippen LogP contribution >= 0.6 is 0 Å². The van der Waals surface area contributed by atoms with Crippen molar-refractivity contribution in [1.29, 1.82) is 0 Å². The number of benzene rings is 2. The molecule has 1 aliphatic heterocycles. The molecule has 1 heterocycles. The van der Waals surface area contributed by atoms with Gasteiger partial charge in [0, 0.05) is 0 Å². The summed E-state index contributed by atoms with van der Waals surface area (Å²) >= 11 is 0.368. The average molecular weight is 315 g/mol. The van der Waals surface area contributed by atoms with Gasteiger partial charge in [-0.25, -0.2) is 0 Å². The number of allylic oxidation sites excluding steroid dienone is 1. The van der Waals surface area contributed by atoms with E-state index in [1.54, 1.807) is 0 Å². The molecule has 96 valence electrons. The van der Waals surface area contributed by atoms with E-state index < -0.39 is 0 Å². The molecule has 0 spiro atoms. The molecule has 0 N–H and O–H groups in total. The van der Waals surface area contributed by atoms with Crippen LogP contribution in [0, 0.1) is 0 Å². The van der Waals surface area contributed by atoms with Gasteiger partial charge in [-0.3, -0.25) is 0 Å². The van der Waals surface area contributed by atoms with Crippen molar-refractivity contribution < 1.29 is 4.74 Å². The Hall–Kier alpha value is -1.50. The van der Waals surface area contributed by atoms with Gasteiger partial charge in [0.25, 0.3) is 0 Å². The van der Waals surface area contributed by atoms with Gasteiger partial charge < -0.3 is 0 Å². The third-order valence-corrected chi connectivity index (χ3v) is 5.47. The SMILES string of the molecule is c1ccc([Se]C2=C(c3ccccc3)OCCC2)cc1. The molecule has 0 saturated heterocycles. The second-order valence-electron chi connectivity index (χ2n) is 4.49. The zero-order chi connectivity index (χ0) is 12.9. The third-order valence-electron chi connectivity index (χ3n) is 3.07. The normalized spacial score (nSPS) is 15.2. The molecule has 2 heteroatoms. The van der Waals surface area contributed by atoms with Crippen molar-refractivity contribution in [2.45, 2.75) is 12.8 Å². The fourth-order valence-electron chi connectivity index (χ4n) is 2.16. The Bertz CT molecular complexity index is 560. The average Bonchev–Trinajstić information content (AvgIpc) is 2.50. The Morgan fingerprint density at radius 1 is 0.842 bits per heavy atom. The third kappa shape index (κ3) is 3.09.